The molecule has 0 aliphatic carbocycles. The highest BCUT2D eigenvalue weighted by molar-refractivity contribution is 5.89. The molecule has 0 saturated heterocycles. The lowest BCUT2D eigenvalue weighted by molar-refractivity contribution is -0.690. The lowest BCUT2D eigenvalue weighted by atomic mass is 10.2. The minimum Gasteiger partial charge on any atom is -0.321 e. The van der Waals surface area contributed by atoms with Gasteiger partial charge < -0.3 is 5.32 Å². The lowest BCUT2D eigenvalue weighted by Crippen LogP contribution is -2.42. The Labute approximate surface area is 111 Å². The molecule has 4 heteroatoms. The van der Waals surface area contributed by atoms with Crippen molar-refractivity contribution in [1.29, 1.82) is 5.26 Å². The maximum absolute atomic E-state index is 11.9. The molecule has 0 unspecified atom stereocenters. The molecule has 4 nitrogen and oxygen atoms in total. The first-order valence-corrected chi connectivity index (χ1v) is 5.94. The van der Waals surface area contributed by atoms with Crippen molar-refractivity contribution in [3.8, 4) is 6.07 Å². The highest BCUT2D eigenvalue weighted by atomic mass is 16.1. The van der Waals surface area contributed by atoms with E-state index in [1.54, 1.807) is 24.3 Å². The SMILES string of the molecule is Cc1cccc[n+]1CC(=O)Nc1cccc(C#N)c1. The van der Waals surface area contributed by atoms with Crippen molar-refractivity contribution in [3.05, 3.63) is 59.9 Å². The van der Waals surface area contributed by atoms with Gasteiger partial charge in [-0.1, -0.05) is 12.1 Å². The van der Waals surface area contributed by atoms with Gasteiger partial charge in [0.25, 0.3) is 5.91 Å². The molecule has 0 radical (unpaired) electrons. The van der Waals surface area contributed by atoms with E-state index in [1.165, 1.54) is 0 Å². The number of nitriles is 1. The van der Waals surface area contributed by atoms with Gasteiger partial charge >= 0.3 is 0 Å². The minimum absolute atomic E-state index is 0.116. The van der Waals surface area contributed by atoms with Crippen LogP contribution in [0.4, 0.5) is 5.69 Å². The van der Waals surface area contributed by atoms with E-state index >= 15 is 0 Å². The van der Waals surface area contributed by atoms with Gasteiger partial charge in [0.1, 0.15) is 0 Å². The number of hydrogen-bond donors (Lipinski definition) is 1. The molecule has 2 rings (SSSR count). The number of carbonyl (C=O) groups excluding carboxylic acids is 1. The number of nitrogens with one attached hydrogen (secondary N) is 1. The van der Waals surface area contributed by atoms with Crippen LogP contribution in [0.25, 0.3) is 0 Å². The zero-order valence-corrected chi connectivity index (χ0v) is 10.6. The summed E-state index contributed by atoms with van der Waals surface area (Å²) in [6, 6.07) is 14.7. The number of anilines is 1. The van der Waals surface area contributed by atoms with Crippen molar-refractivity contribution in [2.24, 2.45) is 0 Å². The van der Waals surface area contributed by atoms with Crippen molar-refractivity contribution < 1.29 is 9.36 Å². The Hall–Kier alpha value is -2.67. The number of carbonyl (C=O) groups is 1. The van der Waals surface area contributed by atoms with E-state index in [0.717, 1.165) is 5.69 Å². The lowest BCUT2D eigenvalue weighted by Gasteiger charge is -2.04. The molecule has 94 valence electrons. The van der Waals surface area contributed by atoms with Gasteiger partial charge in [0.2, 0.25) is 6.54 Å². The summed E-state index contributed by atoms with van der Waals surface area (Å²) in [7, 11) is 0. The Kier molecular flexibility index (Phi) is 3.89. The molecule has 1 aromatic heterocycles. The van der Waals surface area contributed by atoms with E-state index in [-0.39, 0.29) is 12.5 Å². The second-order valence-electron chi connectivity index (χ2n) is 4.21. The molecule has 0 aliphatic rings. The Morgan fingerprint density at radius 3 is 2.89 bits per heavy atom. The first-order valence-electron chi connectivity index (χ1n) is 5.94. The van der Waals surface area contributed by atoms with Gasteiger partial charge in [-0.05, 0) is 18.2 Å². The molecule has 0 aliphatic heterocycles. The van der Waals surface area contributed by atoms with Crippen molar-refractivity contribution in [2.45, 2.75) is 13.5 Å². The van der Waals surface area contributed by atoms with Crippen LogP contribution in [-0.2, 0) is 11.3 Å². The van der Waals surface area contributed by atoms with E-state index in [9.17, 15) is 4.79 Å². The standard InChI is InChI=1S/C15H13N3O/c1-12-5-2-3-8-18(12)11-15(19)17-14-7-4-6-13(9-14)10-16/h2-9H,11H2,1H3/p+1. The predicted molar refractivity (Wildman–Crippen MR) is 71.2 cm³/mol. The van der Waals surface area contributed by atoms with Crippen LogP contribution in [0, 0.1) is 18.3 Å². The molecule has 0 bridgehead atoms. The number of nitrogens with zero attached hydrogens (tertiary/aromatic N) is 2. The van der Waals surface area contributed by atoms with Crippen LogP contribution in [0.2, 0.25) is 0 Å². The van der Waals surface area contributed by atoms with Crippen LogP contribution < -0.4 is 9.88 Å². The van der Waals surface area contributed by atoms with Crippen LogP contribution in [0.5, 0.6) is 0 Å². The fourth-order valence-electron chi connectivity index (χ4n) is 1.76. The van der Waals surface area contributed by atoms with Gasteiger partial charge in [-0.25, -0.2) is 0 Å². The normalized spacial score (nSPS) is 9.68. The number of benzene rings is 1. The summed E-state index contributed by atoms with van der Waals surface area (Å²) in [5.74, 6) is -0.116. The second kappa shape index (κ2) is 5.78. The first-order chi connectivity index (χ1) is 9.19. The maximum Gasteiger partial charge on any atom is 0.290 e. The highest BCUT2D eigenvalue weighted by Crippen LogP contribution is 2.09. The number of aryl methyl sites for hydroxylation is 1. The first kappa shape index (κ1) is 12.8. The van der Waals surface area contributed by atoms with Gasteiger partial charge in [0.15, 0.2) is 11.9 Å². The van der Waals surface area contributed by atoms with Gasteiger partial charge in [0.05, 0.1) is 11.6 Å². The number of rotatable bonds is 3. The average Bonchev–Trinajstić information content (AvgIpc) is 2.41. The van der Waals surface area contributed by atoms with E-state index in [1.807, 2.05) is 42.0 Å². The fourth-order valence-corrected chi connectivity index (χ4v) is 1.76. The molecule has 2 aromatic rings. The van der Waals surface area contributed by atoms with Gasteiger partial charge in [0, 0.05) is 24.7 Å². The molecule has 0 saturated carbocycles. The number of amides is 1. The maximum atomic E-state index is 11.9. The third kappa shape index (κ3) is 3.39. The number of aromatic nitrogens is 1. The van der Waals surface area contributed by atoms with Crippen molar-refractivity contribution in [3.63, 3.8) is 0 Å². The van der Waals surface area contributed by atoms with Crippen LogP contribution >= 0.6 is 0 Å². The Morgan fingerprint density at radius 1 is 1.32 bits per heavy atom. The molecular weight excluding hydrogens is 238 g/mol. The summed E-state index contributed by atoms with van der Waals surface area (Å²) < 4.78 is 1.86. The monoisotopic (exact) mass is 252 g/mol. The van der Waals surface area contributed by atoms with Crippen LogP contribution in [0.3, 0.4) is 0 Å². The van der Waals surface area contributed by atoms with Crippen molar-refractivity contribution in [1.82, 2.24) is 0 Å². The molecule has 0 spiro atoms. The minimum atomic E-state index is -0.116. The average molecular weight is 252 g/mol. The molecular formula is C15H14N3O+. The summed E-state index contributed by atoms with van der Waals surface area (Å²) in [6.45, 7) is 2.20. The summed E-state index contributed by atoms with van der Waals surface area (Å²) in [5, 5.41) is 11.6. The van der Waals surface area contributed by atoms with Crippen molar-refractivity contribution >= 4 is 11.6 Å². The van der Waals surface area contributed by atoms with Gasteiger partial charge in [-0.3, -0.25) is 4.79 Å². The van der Waals surface area contributed by atoms with E-state index in [0.29, 0.717) is 11.3 Å². The third-order valence-electron chi connectivity index (χ3n) is 2.76. The molecule has 0 fully saturated rings. The zero-order valence-electron chi connectivity index (χ0n) is 10.6. The number of pyridine rings is 1. The Balaban J connectivity index is 2.06. The summed E-state index contributed by atoms with van der Waals surface area (Å²) in [4.78, 5) is 11.9. The smallest absolute Gasteiger partial charge is 0.290 e. The molecule has 1 heterocycles. The molecule has 0 atom stereocenters. The third-order valence-corrected chi connectivity index (χ3v) is 2.76. The van der Waals surface area contributed by atoms with Crippen LogP contribution in [-0.4, -0.2) is 5.91 Å². The highest BCUT2D eigenvalue weighted by Gasteiger charge is 2.11. The van der Waals surface area contributed by atoms with Gasteiger partial charge in [-0.2, -0.15) is 9.83 Å². The summed E-state index contributed by atoms with van der Waals surface area (Å²) in [6.07, 6.45) is 1.86. The van der Waals surface area contributed by atoms with Crippen molar-refractivity contribution in [2.75, 3.05) is 5.32 Å². The van der Waals surface area contributed by atoms with E-state index in [2.05, 4.69) is 5.32 Å². The molecule has 1 N–H and O–H groups in total. The zero-order chi connectivity index (χ0) is 13.7. The Morgan fingerprint density at radius 2 is 2.16 bits per heavy atom. The largest absolute Gasteiger partial charge is 0.321 e. The molecule has 1 aromatic carbocycles. The van der Waals surface area contributed by atoms with Gasteiger partial charge in [-0.15, -0.1) is 0 Å². The summed E-state index contributed by atoms with van der Waals surface area (Å²) in [5.41, 5.74) is 2.18. The van der Waals surface area contributed by atoms with Crippen LogP contribution in [0.1, 0.15) is 11.3 Å². The second-order valence-corrected chi connectivity index (χ2v) is 4.21. The topological polar surface area (TPSA) is 56.8 Å². The van der Waals surface area contributed by atoms with E-state index in [4.69, 9.17) is 5.26 Å². The quantitative estimate of drug-likeness (QED) is 0.847. The molecule has 19 heavy (non-hydrogen) atoms. The Bertz CT molecular complexity index is 644. The van der Waals surface area contributed by atoms with E-state index < -0.39 is 0 Å². The number of hydrogen-bond acceptors (Lipinski definition) is 2. The fraction of sp³-hybridized carbons (Fsp3) is 0.133. The predicted octanol–water partition coefficient (Wildman–Crippen LogP) is 1.79. The van der Waals surface area contributed by atoms with Crippen LogP contribution in [0.15, 0.2) is 48.7 Å². The summed E-state index contributed by atoms with van der Waals surface area (Å²) >= 11 is 0. The molecule has 1 amide bonds.